The largest absolute Gasteiger partial charge is 0.418 e. The van der Waals surface area contributed by atoms with E-state index in [2.05, 4.69) is 27.8 Å². The van der Waals surface area contributed by atoms with Crippen molar-refractivity contribution in [1.29, 1.82) is 0 Å². The molecule has 4 heteroatoms. The zero-order valence-electron chi connectivity index (χ0n) is 11.9. The Morgan fingerprint density at radius 1 is 1.32 bits per heavy atom. The molecular formula is C15H22N3Y-. The van der Waals surface area contributed by atoms with Crippen molar-refractivity contribution in [3.8, 4) is 11.8 Å². The molecule has 3 nitrogen and oxygen atoms in total. The van der Waals surface area contributed by atoms with Gasteiger partial charge in [0.2, 0.25) is 0 Å². The average molecular weight is 333 g/mol. The predicted molar refractivity (Wildman–Crippen MR) is 76.0 cm³/mol. The van der Waals surface area contributed by atoms with E-state index >= 15 is 0 Å². The van der Waals surface area contributed by atoms with Crippen LogP contribution in [0.25, 0.3) is 0 Å². The van der Waals surface area contributed by atoms with Gasteiger partial charge >= 0.3 is 0 Å². The van der Waals surface area contributed by atoms with Crippen molar-refractivity contribution in [1.82, 2.24) is 9.88 Å². The number of aromatic nitrogens is 1. The summed E-state index contributed by atoms with van der Waals surface area (Å²) in [5, 5.41) is 0. The van der Waals surface area contributed by atoms with Gasteiger partial charge in [0.05, 0.1) is 6.54 Å². The minimum atomic E-state index is 0. The smallest absolute Gasteiger partial charge is 0.0594 e. The fraction of sp³-hybridized carbons (Fsp3) is 0.533. The van der Waals surface area contributed by atoms with E-state index in [0.717, 1.165) is 12.2 Å². The number of pyridine rings is 1. The van der Waals surface area contributed by atoms with Gasteiger partial charge in [0.25, 0.3) is 0 Å². The van der Waals surface area contributed by atoms with E-state index < -0.39 is 0 Å². The Morgan fingerprint density at radius 3 is 2.58 bits per heavy atom. The molecule has 1 aromatic heterocycles. The Hall–Kier alpha value is -0.426. The standard InChI is InChI=1S/C13H16N3.C2H6.Y/c14-12-6-7-13(15-11-12)5-4-10-16-8-2-1-3-9-16;1-2;/h7,11H,1-3,8-10,14H2;1-2H3;/q-1;;. The van der Waals surface area contributed by atoms with E-state index in [9.17, 15) is 0 Å². The van der Waals surface area contributed by atoms with Crippen LogP contribution in [0.3, 0.4) is 0 Å². The predicted octanol–water partition coefficient (Wildman–Crippen LogP) is 2.33. The van der Waals surface area contributed by atoms with Gasteiger partial charge in [0.15, 0.2) is 0 Å². The van der Waals surface area contributed by atoms with Crippen LogP contribution in [0.2, 0.25) is 0 Å². The Balaban J connectivity index is 0.00000103. The number of anilines is 1. The zero-order chi connectivity index (χ0) is 13.2. The Kier molecular flexibility index (Phi) is 11.1. The van der Waals surface area contributed by atoms with Crippen LogP contribution in [-0.4, -0.2) is 29.5 Å². The van der Waals surface area contributed by atoms with Gasteiger partial charge in [-0.15, -0.1) is 12.0 Å². The molecule has 1 aliphatic heterocycles. The number of likely N-dealkylation sites (tertiary alicyclic amines) is 1. The van der Waals surface area contributed by atoms with Crippen molar-refractivity contribution in [2.45, 2.75) is 33.1 Å². The van der Waals surface area contributed by atoms with E-state index in [1.165, 1.54) is 32.4 Å². The maximum absolute atomic E-state index is 5.50. The van der Waals surface area contributed by atoms with Crippen molar-refractivity contribution >= 4 is 5.69 Å². The second-order valence-corrected chi connectivity index (χ2v) is 4.03. The topological polar surface area (TPSA) is 42.1 Å². The van der Waals surface area contributed by atoms with Crippen LogP contribution < -0.4 is 5.73 Å². The van der Waals surface area contributed by atoms with Crippen LogP contribution in [-0.2, 0) is 32.7 Å². The quantitative estimate of drug-likeness (QED) is 0.634. The summed E-state index contributed by atoms with van der Waals surface area (Å²) < 4.78 is 0. The molecule has 2 rings (SSSR count). The van der Waals surface area contributed by atoms with E-state index in [1.54, 1.807) is 12.3 Å². The molecule has 0 unspecified atom stereocenters. The number of nitrogens with zero attached hydrogens (tertiary/aromatic N) is 2. The number of hydrogen-bond donors (Lipinski definition) is 1. The summed E-state index contributed by atoms with van der Waals surface area (Å²) in [6.45, 7) is 7.19. The van der Waals surface area contributed by atoms with Gasteiger partial charge in [-0.25, -0.2) is 0 Å². The van der Waals surface area contributed by atoms with Crippen LogP contribution >= 0.6 is 0 Å². The van der Waals surface area contributed by atoms with Crippen LogP contribution in [0.5, 0.6) is 0 Å². The normalized spacial score (nSPS) is 14.2. The van der Waals surface area contributed by atoms with Crippen molar-refractivity contribution < 1.29 is 32.7 Å². The molecular weight excluding hydrogens is 311 g/mol. The first kappa shape index (κ1) is 18.6. The van der Waals surface area contributed by atoms with E-state index in [-0.39, 0.29) is 32.7 Å². The Labute approximate surface area is 142 Å². The number of hydrogen-bond acceptors (Lipinski definition) is 3. The molecule has 1 aliphatic rings. The van der Waals surface area contributed by atoms with Crippen molar-refractivity contribution in [3.63, 3.8) is 0 Å². The summed E-state index contributed by atoms with van der Waals surface area (Å²) in [4.78, 5) is 6.50. The van der Waals surface area contributed by atoms with Crippen LogP contribution in [0, 0.1) is 17.9 Å². The van der Waals surface area contributed by atoms with Gasteiger partial charge < -0.3 is 10.7 Å². The van der Waals surface area contributed by atoms with E-state index in [4.69, 9.17) is 5.73 Å². The number of rotatable bonds is 1. The molecule has 1 saturated heterocycles. The third-order valence-electron chi connectivity index (χ3n) is 2.69. The maximum atomic E-state index is 5.50. The molecule has 0 amide bonds. The first-order chi connectivity index (χ1) is 8.84. The fourth-order valence-corrected chi connectivity index (χ4v) is 1.79. The van der Waals surface area contributed by atoms with Gasteiger partial charge in [-0.05, 0) is 31.6 Å². The number of piperidine rings is 1. The third kappa shape index (κ3) is 7.67. The second kappa shape index (κ2) is 11.4. The summed E-state index contributed by atoms with van der Waals surface area (Å²) in [7, 11) is 0. The van der Waals surface area contributed by atoms with Gasteiger partial charge in [-0.2, -0.15) is 6.07 Å². The SMILES string of the molecule is CC.Nc1[c-]cc(C#CCN2CCCCC2)nc1.[Y]. The molecule has 0 bridgehead atoms. The minimum Gasteiger partial charge on any atom is -0.418 e. The summed E-state index contributed by atoms with van der Waals surface area (Å²) in [5.74, 6) is 6.17. The molecule has 1 radical (unpaired) electrons. The molecule has 19 heavy (non-hydrogen) atoms. The third-order valence-corrected chi connectivity index (χ3v) is 2.69. The first-order valence-electron chi connectivity index (χ1n) is 6.69. The molecule has 0 saturated carbocycles. The molecule has 0 atom stereocenters. The average Bonchev–Trinajstić information content (AvgIpc) is 2.44. The van der Waals surface area contributed by atoms with Crippen molar-refractivity contribution in [2.24, 2.45) is 0 Å². The molecule has 2 N–H and O–H groups in total. The molecule has 1 aromatic rings. The summed E-state index contributed by atoms with van der Waals surface area (Å²) in [6.07, 6.45) is 5.55. The molecule has 0 spiro atoms. The molecule has 0 aliphatic carbocycles. The molecule has 1 fully saturated rings. The number of nitrogen functional groups attached to an aromatic ring is 1. The Morgan fingerprint density at radius 2 is 2.00 bits per heavy atom. The monoisotopic (exact) mass is 333 g/mol. The van der Waals surface area contributed by atoms with Gasteiger partial charge in [0.1, 0.15) is 0 Å². The Bertz CT molecular complexity index is 386. The molecule has 101 valence electrons. The summed E-state index contributed by atoms with van der Waals surface area (Å²) in [6, 6.07) is 4.62. The second-order valence-electron chi connectivity index (χ2n) is 4.03. The van der Waals surface area contributed by atoms with Crippen LogP contribution in [0.4, 0.5) is 5.69 Å². The molecule has 2 heterocycles. The van der Waals surface area contributed by atoms with Crippen molar-refractivity contribution in [2.75, 3.05) is 25.4 Å². The molecule has 0 aromatic carbocycles. The summed E-state index contributed by atoms with van der Waals surface area (Å²) >= 11 is 0. The van der Waals surface area contributed by atoms with E-state index in [0.29, 0.717) is 5.69 Å². The first-order valence-corrected chi connectivity index (χ1v) is 6.69. The zero-order valence-corrected chi connectivity index (χ0v) is 14.8. The van der Waals surface area contributed by atoms with Crippen molar-refractivity contribution in [3.05, 3.63) is 24.0 Å². The van der Waals surface area contributed by atoms with Crippen LogP contribution in [0.1, 0.15) is 38.8 Å². The maximum Gasteiger partial charge on any atom is 0.0594 e. The number of nitrogens with two attached hydrogens (primary N) is 1. The fourth-order valence-electron chi connectivity index (χ4n) is 1.79. The minimum absolute atomic E-state index is 0. The summed E-state index contributed by atoms with van der Waals surface area (Å²) in [5.41, 5.74) is 6.80. The van der Waals surface area contributed by atoms with Crippen LogP contribution in [0.15, 0.2) is 12.3 Å². The van der Waals surface area contributed by atoms with E-state index in [1.807, 2.05) is 13.8 Å². The van der Waals surface area contributed by atoms with Gasteiger partial charge in [-0.3, -0.25) is 4.90 Å². The van der Waals surface area contributed by atoms with Gasteiger partial charge in [0, 0.05) is 32.7 Å². The van der Waals surface area contributed by atoms with Gasteiger partial charge in [-0.1, -0.05) is 38.1 Å².